The van der Waals surface area contributed by atoms with Crippen molar-refractivity contribution in [3.63, 3.8) is 0 Å². The number of carbonyl (C=O) groups excluding carboxylic acids is 1. The first-order valence-electron chi connectivity index (χ1n) is 8.98. The standard InChI is InChI=1S/C20H32N2O2/c1-15(23)22-18-7-5-16(6-8-18)13-21-14-20(24)11-9-17(10-12-20)19(2,3)4/h5-8,17,21,24H,9-14H2,1-4H3,(H,22,23). The Morgan fingerprint density at radius 1 is 1.21 bits per heavy atom. The number of amides is 1. The van der Waals surface area contributed by atoms with E-state index in [-0.39, 0.29) is 5.91 Å². The molecule has 0 aromatic heterocycles. The van der Waals surface area contributed by atoms with Crippen molar-refractivity contribution in [1.29, 1.82) is 0 Å². The van der Waals surface area contributed by atoms with Crippen molar-refractivity contribution in [3.8, 4) is 0 Å². The number of nitrogens with one attached hydrogen (secondary N) is 2. The molecular formula is C20H32N2O2. The monoisotopic (exact) mass is 332 g/mol. The molecule has 0 bridgehead atoms. The van der Waals surface area contributed by atoms with Gasteiger partial charge in [-0.15, -0.1) is 0 Å². The summed E-state index contributed by atoms with van der Waals surface area (Å²) in [5.41, 5.74) is 1.73. The third-order valence-corrected chi connectivity index (χ3v) is 5.20. The van der Waals surface area contributed by atoms with Crippen LogP contribution in [0, 0.1) is 11.3 Å². The lowest BCUT2D eigenvalue weighted by atomic mass is 9.68. The smallest absolute Gasteiger partial charge is 0.221 e. The lowest BCUT2D eigenvalue weighted by molar-refractivity contribution is -0.114. The van der Waals surface area contributed by atoms with Gasteiger partial charge in [0.25, 0.3) is 0 Å². The number of anilines is 1. The van der Waals surface area contributed by atoms with Crippen molar-refractivity contribution >= 4 is 11.6 Å². The Morgan fingerprint density at radius 2 is 1.79 bits per heavy atom. The largest absolute Gasteiger partial charge is 0.389 e. The van der Waals surface area contributed by atoms with Crippen molar-refractivity contribution in [2.24, 2.45) is 11.3 Å². The normalized spacial score (nSPS) is 24.6. The van der Waals surface area contributed by atoms with Crippen LogP contribution in [0.1, 0.15) is 58.9 Å². The molecule has 1 aromatic rings. The average molecular weight is 332 g/mol. The second kappa shape index (κ2) is 7.66. The molecule has 1 fully saturated rings. The Labute approximate surface area is 146 Å². The number of benzene rings is 1. The van der Waals surface area contributed by atoms with Gasteiger partial charge < -0.3 is 15.7 Å². The minimum atomic E-state index is -0.572. The van der Waals surface area contributed by atoms with Gasteiger partial charge in [-0.25, -0.2) is 0 Å². The first kappa shape index (κ1) is 18.9. The minimum Gasteiger partial charge on any atom is -0.389 e. The van der Waals surface area contributed by atoms with Crippen molar-refractivity contribution in [3.05, 3.63) is 29.8 Å². The van der Waals surface area contributed by atoms with Crippen LogP contribution in [-0.2, 0) is 11.3 Å². The molecule has 1 amide bonds. The Bertz CT molecular complexity index is 538. The molecule has 4 nitrogen and oxygen atoms in total. The molecule has 134 valence electrons. The SMILES string of the molecule is CC(=O)Nc1ccc(CNCC2(O)CCC(C(C)(C)C)CC2)cc1. The average Bonchev–Trinajstić information content (AvgIpc) is 2.48. The summed E-state index contributed by atoms with van der Waals surface area (Å²) >= 11 is 0. The van der Waals surface area contributed by atoms with E-state index in [0.29, 0.717) is 17.9 Å². The van der Waals surface area contributed by atoms with Crippen molar-refractivity contribution in [1.82, 2.24) is 5.32 Å². The lowest BCUT2D eigenvalue weighted by Gasteiger charge is -2.41. The van der Waals surface area contributed by atoms with Crippen LogP contribution in [0.25, 0.3) is 0 Å². The number of hydrogen-bond acceptors (Lipinski definition) is 3. The third-order valence-electron chi connectivity index (χ3n) is 5.20. The molecule has 4 heteroatoms. The Hall–Kier alpha value is -1.39. The highest BCUT2D eigenvalue weighted by Gasteiger charge is 2.36. The highest BCUT2D eigenvalue weighted by atomic mass is 16.3. The summed E-state index contributed by atoms with van der Waals surface area (Å²) in [7, 11) is 0. The molecule has 0 saturated heterocycles. The molecule has 0 aliphatic heterocycles. The molecule has 3 N–H and O–H groups in total. The zero-order chi connectivity index (χ0) is 17.8. The molecule has 0 spiro atoms. The number of rotatable bonds is 5. The predicted octanol–water partition coefficient (Wildman–Crippen LogP) is 3.70. The zero-order valence-corrected chi connectivity index (χ0v) is 15.5. The molecule has 1 saturated carbocycles. The Kier molecular flexibility index (Phi) is 6.05. The van der Waals surface area contributed by atoms with Crippen molar-refractivity contribution in [2.45, 2.75) is 65.5 Å². The molecule has 0 radical (unpaired) electrons. The van der Waals surface area contributed by atoms with Crippen LogP contribution in [0.5, 0.6) is 0 Å². The fourth-order valence-electron chi connectivity index (χ4n) is 3.55. The lowest BCUT2D eigenvalue weighted by Crippen LogP contribution is -2.44. The van der Waals surface area contributed by atoms with E-state index in [0.717, 1.165) is 43.5 Å². The van der Waals surface area contributed by atoms with Crippen molar-refractivity contribution < 1.29 is 9.90 Å². The summed E-state index contributed by atoms with van der Waals surface area (Å²) in [5, 5.41) is 16.9. The maximum absolute atomic E-state index is 11.0. The van der Waals surface area contributed by atoms with Gasteiger partial charge in [0.15, 0.2) is 0 Å². The minimum absolute atomic E-state index is 0.0612. The second-order valence-electron chi connectivity index (χ2n) is 8.35. The van der Waals surface area contributed by atoms with Crippen LogP contribution in [0.15, 0.2) is 24.3 Å². The van der Waals surface area contributed by atoms with Gasteiger partial charge in [0.1, 0.15) is 0 Å². The summed E-state index contributed by atoms with van der Waals surface area (Å²) in [5.74, 6) is 0.646. The summed E-state index contributed by atoms with van der Waals surface area (Å²) < 4.78 is 0. The van der Waals surface area contributed by atoms with E-state index in [1.807, 2.05) is 24.3 Å². The molecular weight excluding hydrogens is 300 g/mol. The second-order valence-corrected chi connectivity index (χ2v) is 8.35. The molecule has 24 heavy (non-hydrogen) atoms. The van der Waals surface area contributed by atoms with Gasteiger partial charge in [-0.1, -0.05) is 32.9 Å². The van der Waals surface area contributed by atoms with Crippen LogP contribution in [0.3, 0.4) is 0 Å². The highest BCUT2D eigenvalue weighted by Crippen LogP contribution is 2.41. The van der Waals surface area contributed by atoms with E-state index in [9.17, 15) is 9.90 Å². The number of hydrogen-bond donors (Lipinski definition) is 3. The fourth-order valence-corrected chi connectivity index (χ4v) is 3.55. The molecule has 0 heterocycles. The molecule has 1 aliphatic rings. The maximum atomic E-state index is 11.0. The van der Waals surface area contributed by atoms with Crippen LogP contribution in [0.2, 0.25) is 0 Å². The van der Waals surface area contributed by atoms with Crippen LogP contribution >= 0.6 is 0 Å². The molecule has 0 unspecified atom stereocenters. The molecule has 1 aliphatic carbocycles. The third kappa shape index (κ3) is 5.60. The Morgan fingerprint density at radius 3 is 2.29 bits per heavy atom. The van der Waals surface area contributed by atoms with Gasteiger partial charge in [0.2, 0.25) is 5.91 Å². The summed E-state index contributed by atoms with van der Waals surface area (Å²) in [6.45, 7) is 9.76. The molecule has 1 aromatic carbocycles. The van der Waals surface area contributed by atoms with Crippen LogP contribution < -0.4 is 10.6 Å². The van der Waals surface area contributed by atoms with Gasteiger partial charge >= 0.3 is 0 Å². The van der Waals surface area contributed by atoms with Gasteiger partial charge in [-0.2, -0.15) is 0 Å². The Balaban J connectivity index is 1.77. The van der Waals surface area contributed by atoms with E-state index in [1.54, 1.807) is 0 Å². The fraction of sp³-hybridized carbons (Fsp3) is 0.650. The van der Waals surface area contributed by atoms with E-state index in [4.69, 9.17) is 0 Å². The first-order valence-corrected chi connectivity index (χ1v) is 8.98. The highest BCUT2D eigenvalue weighted by molar-refractivity contribution is 5.88. The summed E-state index contributed by atoms with van der Waals surface area (Å²) in [6, 6.07) is 7.81. The van der Waals surface area contributed by atoms with Gasteiger partial charge in [0, 0.05) is 25.7 Å². The van der Waals surface area contributed by atoms with Crippen LogP contribution in [0.4, 0.5) is 5.69 Å². The first-order chi connectivity index (χ1) is 11.2. The molecule has 0 atom stereocenters. The van der Waals surface area contributed by atoms with Gasteiger partial charge in [-0.05, 0) is 54.7 Å². The number of aliphatic hydroxyl groups is 1. The van der Waals surface area contributed by atoms with Gasteiger partial charge in [0.05, 0.1) is 5.60 Å². The van der Waals surface area contributed by atoms with Crippen molar-refractivity contribution in [2.75, 3.05) is 11.9 Å². The van der Waals surface area contributed by atoms with Gasteiger partial charge in [-0.3, -0.25) is 4.79 Å². The topological polar surface area (TPSA) is 61.4 Å². The van der Waals surface area contributed by atoms with E-state index < -0.39 is 5.60 Å². The van der Waals surface area contributed by atoms with Crippen LogP contribution in [-0.4, -0.2) is 23.2 Å². The summed E-state index contributed by atoms with van der Waals surface area (Å²) in [4.78, 5) is 11.0. The predicted molar refractivity (Wildman–Crippen MR) is 98.8 cm³/mol. The molecule has 2 rings (SSSR count). The number of carbonyl (C=O) groups is 1. The van der Waals surface area contributed by atoms with E-state index in [1.165, 1.54) is 6.92 Å². The van der Waals surface area contributed by atoms with E-state index >= 15 is 0 Å². The maximum Gasteiger partial charge on any atom is 0.221 e. The zero-order valence-electron chi connectivity index (χ0n) is 15.5. The van der Waals surface area contributed by atoms with E-state index in [2.05, 4.69) is 31.4 Å². The quantitative estimate of drug-likeness (QED) is 0.770. The summed E-state index contributed by atoms with van der Waals surface area (Å²) in [6.07, 6.45) is 3.97.